The summed E-state index contributed by atoms with van der Waals surface area (Å²) in [7, 11) is 3.12. The van der Waals surface area contributed by atoms with E-state index >= 15 is 0 Å². The highest BCUT2D eigenvalue weighted by Crippen LogP contribution is 2.27. The van der Waals surface area contributed by atoms with Gasteiger partial charge < -0.3 is 24.1 Å². The van der Waals surface area contributed by atoms with Crippen LogP contribution < -0.4 is 19.5 Å². The predicted octanol–water partition coefficient (Wildman–Crippen LogP) is 5.79. The fourth-order valence-corrected chi connectivity index (χ4v) is 4.40. The molecule has 0 saturated heterocycles. The highest BCUT2D eigenvalue weighted by Gasteiger charge is 2.14. The number of benzene rings is 3. The molecule has 0 fully saturated rings. The van der Waals surface area contributed by atoms with Crippen molar-refractivity contribution in [1.82, 2.24) is 14.9 Å². The van der Waals surface area contributed by atoms with Gasteiger partial charge in [0.15, 0.2) is 11.5 Å². The lowest BCUT2D eigenvalue weighted by Crippen LogP contribution is -2.26. The highest BCUT2D eigenvalue weighted by atomic mass is 16.5. The van der Waals surface area contributed by atoms with Crippen LogP contribution in [0.25, 0.3) is 11.0 Å². The molecule has 0 spiro atoms. The predicted molar refractivity (Wildman–Crippen MR) is 151 cm³/mol. The van der Waals surface area contributed by atoms with Gasteiger partial charge in [0, 0.05) is 25.1 Å². The van der Waals surface area contributed by atoms with E-state index in [1.54, 1.807) is 32.4 Å². The van der Waals surface area contributed by atoms with Crippen LogP contribution in [-0.4, -0.2) is 42.8 Å². The number of carbonyl (C=O) groups excluding carboxylic acids is 1. The second kappa shape index (κ2) is 12.0. The average Bonchev–Trinajstić information content (AvgIpc) is 3.27. The van der Waals surface area contributed by atoms with Gasteiger partial charge in [-0.3, -0.25) is 4.79 Å². The van der Waals surface area contributed by atoms with Gasteiger partial charge in [-0.2, -0.15) is 0 Å². The van der Waals surface area contributed by atoms with Gasteiger partial charge in [0.05, 0.1) is 31.9 Å². The van der Waals surface area contributed by atoms with Crippen LogP contribution in [0, 0.1) is 0 Å². The Labute approximate surface area is 224 Å². The van der Waals surface area contributed by atoms with Gasteiger partial charge in [-0.15, -0.1) is 0 Å². The standard InChI is InChI=1S/C31H37N3O4/c1-31(2,3)23-12-14-24(15-13-23)38-20-8-19-34-26-10-7-6-9-25(26)33-29(34)17-18-32-30(35)22-11-16-27(36-4)28(21-22)37-5/h6-7,9-16,21H,8,17-20H2,1-5H3,(H,32,35). The third-order valence-corrected chi connectivity index (χ3v) is 6.53. The van der Waals surface area contributed by atoms with E-state index in [9.17, 15) is 4.79 Å². The lowest BCUT2D eigenvalue weighted by atomic mass is 9.87. The lowest BCUT2D eigenvalue weighted by Gasteiger charge is -2.19. The van der Waals surface area contributed by atoms with Crippen molar-refractivity contribution in [2.45, 2.75) is 45.6 Å². The first-order chi connectivity index (χ1) is 18.3. The van der Waals surface area contributed by atoms with Crippen molar-refractivity contribution in [3.05, 3.63) is 83.7 Å². The maximum Gasteiger partial charge on any atom is 0.251 e. The Morgan fingerprint density at radius 2 is 1.68 bits per heavy atom. The summed E-state index contributed by atoms with van der Waals surface area (Å²) in [4.78, 5) is 17.6. The quantitative estimate of drug-likeness (QED) is 0.256. The van der Waals surface area contributed by atoms with Crippen LogP contribution in [0.1, 0.15) is 48.9 Å². The molecule has 0 atom stereocenters. The molecule has 0 bridgehead atoms. The van der Waals surface area contributed by atoms with E-state index in [4.69, 9.17) is 19.2 Å². The minimum Gasteiger partial charge on any atom is -0.494 e. The maximum atomic E-state index is 12.7. The van der Waals surface area contributed by atoms with Crippen molar-refractivity contribution in [3.63, 3.8) is 0 Å². The molecular formula is C31H37N3O4. The molecule has 0 aliphatic heterocycles. The number of aromatic nitrogens is 2. The largest absolute Gasteiger partial charge is 0.494 e. The van der Waals surface area contributed by atoms with Crippen LogP contribution in [-0.2, 0) is 18.4 Å². The van der Waals surface area contributed by atoms with Gasteiger partial charge in [0.2, 0.25) is 0 Å². The Hall–Kier alpha value is -4.00. The molecule has 4 rings (SSSR count). The first-order valence-electron chi connectivity index (χ1n) is 13.0. The molecular weight excluding hydrogens is 478 g/mol. The van der Waals surface area contributed by atoms with E-state index in [1.807, 2.05) is 30.3 Å². The number of carbonyl (C=O) groups is 1. The number of aryl methyl sites for hydroxylation is 1. The molecule has 0 radical (unpaired) electrons. The van der Waals surface area contributed by atoms with Crippen LogP contribution in [0.2, 0.25) is 0 Å². The molecule has 1 N–H and O–H groups in total. The highest BCUT2D eigenvalue weighted by molar-refractivity contribution is 5.94. The molecule has 1 amide bonds. The molecule has 0 unspecified atom stereocenters. The smallest absolute Gasteiger partial charge is 0.251 e. The summed E-state index contributed by atoms with van der Waals surface area (Å²) in [6.45, 7) is 8.47. The summed E-state index contributed by atoms with van der Waals surface area (Å²) in [5.74, 6) is 2.76. The van der Waals surface area contributed by atoms with Gasteiger partial charge in [0.25, 0.3) is 5.91 Å². The molecule has 1 heterocycles. The zero-order valence-corrected chi connectivity index (χ0v) is 22.9. The number of imidazole rings is 1. The summed E-state index contributed by atoms with van der Waals surface area (Å²) in [5, 5.41) is 3.00. The van der Waals surface area contributed by atoms with Crippen molar-refractivity contribution in [1.29, 1.82) is 0 Å². The fraction of sp³-hybridized carbons (Fsp3) is 0.355. The minimum atomic E-state index is -0.167. The number of ether oxygens (including phenoxy) is 3. The molecule has 7 nitrogen and oxygen atoms in total. The number of methoxy groups -OCH3 is 2. The van der Waals surface area contributed by atoms with Gasteiger partial charge >= 0.3 is 0 Å². The molecule has 0 aliphatic carbocycles. The van der Waals surface area contributed by atoms with E-state index in [-0.39, 0.29) is 11.3 Å². The molecule has 7 heteroatoms. The van der Waals surface area contributed by atoms with Gasteiger partial charge in [0.1, 0.15) is 11.6 Å². The Bertz CT molecular complexity index is 1370. The third-order valence-electron chi connectivity index (χ3n) is 6.53. The van der Waals surface area contributed by atoms with Crippen LogP contribution in [0.5, 0.6) is 17.2 Å². The second-order valence-corrected chi connectivity index (χ2v) is 10.2. The van der Waals surface area contributed by atoms with Crippen LogP contribution in [0.4, 0.5) is 0 Å². The Morgan fingerprint density at radius 1 is 0.947 bits per heavy atom. The van der Waals surface area contributed by atoms with E-state index in [0.29, 0.717) is 36.6 Å². The number of rotatable bonds is 11. The summed E-state index contributed by atoms with van der Waals surface area (Å²) in [6, 6.07) is 21.6. The maximum absolute atomic E-state index is 12.7. The van der Waals surface area contributed by atoms with E-state index in [1.165, 1.54) is 5.56 Å². The van der Waals surface area contributed by atoms with Crippen molar-refractivity contribution in [3.8, 4) is 17.2 Å². The van der Waals surface area contributed by atoms with Crippen LogP contribution in [0.15, 0.2) is 66.7 Å². The van der Waals surface area contributed by atoms with Crippen LogP contribution in [0.3, 0.4) is 0 Å². The van der Waals surface area contributed by atoms with E-state index < -0.39 is 0 Å². The number of hydrogen-bond acceptors (Lipinski definition) is 5. The van der Waals surface area contributed by atoms with E-state index in [0.717, 1.165) is 35.6 Å². The third kappa shape index (κ3) is 6.46. The van der Waals surface area contributed by atoms with Gasteiger partial charge in [-0.1, -0.05) is 45.0 Å². The molecule has 0 aliphatic rings. The SMILES string of the molecule is COc1ccc(C(=O)NCCc2nc3ccccc3n2CCCOc2ccc(C(C)(C)C)cc2)cc1OC. The summed E-state index contributed by atoms with van der Waals surface area (Å²) in [5.41, 5.74) is 3.97. The Balaban J connectivity index is 1.36. The summed E-state index contributed by atoms with van der Waals surface area (Å²) >= 11 is 0. The Kier molecular flexibility index (Phi) is 8.56. The monoisotopic (exact) mass is 515 g/mol. The number of fused-ring (bicyclic) bond motifs is 1. The second-order valence-electron chi connectivity index (χ2n) is 10.2. The van der Waals surface area contributed by atoms with Crippen molar-refractivity contribution < 1.29 is 19.0 Å². The first kappa shape index (κ1) is 27.0. The minimum absolute atomic E-state index is 0.123. The van der Waals surface area contributed by atoms with Crippen molar-refractivity contribution >= 4 is 16.9 Å². The van der Waals surface area contributed by atoms with E-state index in [2.05, 4.69) is 48.9 Å². The number of para-hydroxylation sites is 2. The average molecular weight is 516 g/mol. The van der Waals surface area contributed by atoms with Crippen LogP contribution >= 0.6 is 0 Å². The zero-order valence-electron chi connectivity index (χ0n) is 22.9. The van der Waals surface area contributed by atoms with Crippen molar-refractivity contribution in [2.24, 2.45) is 0 Å². The Morgan fingerprint density at radius 3 is 2.39 bits per heavy atom. The molecule has 1 aromatic heterocycles. The molecule has 0 saturated carbocycles. The number of amides is 1. The van der Waals surface area contributed by atoms with Crippen molar-refractivity contribution in [2.75, 3.05) is 27.4 Å². The van der Waals surface area contributed by atoms with Gasteiger partial charge in [-0.05, 0) is 59.9 Å². The molecule has 4 aromatic rings. The molecule has 200 valence electrons. The number of hydrogen-bond donors (Lipinski definition) is 1. The summed E-state index contributed by atoms with van der Waals surface area (Å²) in [6.07, 6.45) is 1.45. The zero-order chi connectivity index (χ0) is 27.1. The summed E-state index contributed by atoms with van der Waals surface area (Å²) < 4.78 is 18.8. The topological polar surface area (TPSA) is 74.6 Å². The number of nitrogens with one attached hydrogen (secondary N) is 1. The molecule has 38 heavy (non-hydrogen) atoms. The number of nitrogens with zero attached hydrogens (tertiary/aromatic N) is 2. The fourth-order valence-electron chi connectivity index (χ4n) is 4.40. The van der Waals surface area contributed by atoms with Gasteiger partial charge in [-0.25, -0.2) is 4.98 Å². The lowest BCUT2D eigenvalue weighted by molar-refractivity contribution is 0.0953. The normalized spacial score (nSPS) is 11.4. The molecule has 3 aromatic carbocycles. The first-order valence-corrected chi connectivity index (χ1v) is 13.0.